The maximum absolute atomic E-state index is 12.1. The fraction of sp³-hybridized carbons (Fsp3) is 0.0952. The van der Waals surface area contributed by atoms with Crippen molar-refractivity contribution in [2.75, 3.05) is 4.90 Å². The van der Waals surface area contributed by atoms with E-state index in [4.69, 9.17) is 0 Å². The summed E-state index contributed by atoms with van der Waals surface area (Å²) in [4.78, 5) is 13.8. The Balaban J connectivity index is 1.66. The van der Waals surface area contributed by atoms with Gasteiger partial charge in [0.25, 0.3) is 0 Å². The summed E-state index contributed by atoms with van der Waals surface area (Å²) < 4.78 is 0. The molecule has 3 heteroatoms. The van der Waals surface area contributed by atoms with E-state index in [1.54, 1.807) is 11.0 Å². The van der Waals surface area contributed by atoms with Gasteiger partial charge in [-0.2, -0.15) is 0 Å². The van der Waals surface area contributed by atoms with Crippen LogP contribution in [0.15, 0.2) is 78.9 Å². The number of β-lactam (4-membered cyclic amide) rings is 1. The Kier molecular flexibility index (Phi) is 3.54. The van der Waals surface area contributed by atoms with Crippen molar-refractivity contribution in [3.8, 4) is 16.9 Å². The first-order chi connectivity index (χ1) is 11.7. The highest BCUT2D eigenvalue weighted by atomic mass is 16.3. The second-order valence-electron chi connectivity index (χ2n) is 5.96. The number of phenolic OH excluding ortho intramolecular Hbond substituents is 1. The van der Waals surface area contributed by atoms with Crippen molar-refractivity contribution in [3.63, 3.8) is 0 Å². The quantitative estimate of drug-likeness (QED) is 0.721. The van der Waals surface area contributed by atoms with E-state index in [0.29, 0.717) is 6.42 Å². The van der Waals surface area contributed by atoms with Gasteiger partial charge in [0.1, 0.15) is 5.75 Å². The summed E-state index contributed by atoms with van der Waals surface area (Å²) in [7, 11) is 0. The molecule has 0 bridgehead atoms. The van der Waals surface area contributed by atoms with Gasteiger partial charge in [0.05, 0.1) is 12.5 Å². The summed E-state index contributed by atoms with van der Waals surface area (Å²) in [6, 6.07) is 25.1. The van der Waals surface area contributed by atoms with Crippen LogP contribution in [0.2, 0.25) is 0 Å². The zero-order valence-electron chi connectivity index (χ0n) is 13.1. The van der Waals surface area contributed by atoms with E-state index >= 15 is 0 Å². The van der Waals surface area contributed by atoms with Gasteiger partial charge in [0.15, 0.2) is 0 Å². The summed E-state index contributed by atoms with van der Waals surface area (Å²) in [5, 5.41) is 10.5. The Hall–Kier alpha value is -3.07. The molecule has 3 nitrogen and oxygen atoms in total. The minimum atomic E-state index is -0.107. The van der Waals surface area contributed by atoms with Crippen molar-refractivity contribution >= 4 is 11.6 Å². The van der Waals surface area contributed by atoms with E-state index in [1.807, 2.05) is 72.8 Å². The third kappa shape index (κ3) is 2.44. The average Bonchev–Trinajstić information content (AvgIpc) is 2.61. The number of anilines is 1. The maximum Gasteiger partial charge on any atom is 0.230 e. The first kappa shape index (κ1) is 14.5. The number of amides is 1. The topological polar surface area (TPSA) is 40.5 Å². The zero-order valence-corrected chi connectivity index (χ0v) is 13.1. The molecular weight excluding hydrogens is 298 g/mol. The summed E-state index contributed by atoms with van der Waals surface area (Å²) in [6.45, 7) is 0. The molecule has 0 aromatic heterocycles. The van der Waals surface area contributed by atoms with E-state index in [2.05, 4.69) is 0 Å². The predicted octanol–water partition coefficient (Wildman–Crippen LogP) is 4.54. The lowest BCUT2D eigenvalue weighted by Crippen LogP contribution is -2.46. The number of carbonyl (C=O) groups excluding carboxylic acids is 1. The molecular formula is C21H17NO2. The van der Waals surface area contributed by atoms with E-state index in [1.165, 1.54) is 0 Å². The van der Waals surface area contributed by atoms with E-state index in [-0.39, 0.29) is 17.7 Å². The molecule has 0 spiro atoms. The number of phenols is 1. The van der Waals surface area contributed by atoms with E-state index in [9.17, 15) is 9.90 Å². The van der Waals surface area contributed by atoms with Crippen LogP contribution >= 0.6 is 0 Å². The summed E-state index contributed by atoms with van der Waals surface area (Å²) in [6.07, 6.45) is 0.424. The normalized spacial score (nSPS) is 16.8. The van der Waals surface area contributed by atoms with Crippen molar-refractivity contribution in [1.82, 2.24) is 0 Å². The largest absolute Gasteiger partial charge is 0.508 e. The van der Waals surface area contributed by atoms with Gasteiger partial charge in [-0.3, -0.25) is 4.79 Å². The molecule has 1 fully saturated rings. The van der Waals surface area contributed by atoms with Gasteiger partial charge >= 0.3 is 0 Å². The number of hydrogen-bond acceptors (Lipinski definition) is 2. The Morgan fingerprint density at radius 2 is 1.50 bits per heavy atom. The van der Waals surface area contributed by atoms with Gasteiger partial charge in [-0.25, -0.2) is 0 Å². The number of aromatic hydroxyl groups is 1. The third-order valence-corrected chi connectivity index (χ3v) is 4.48. The van der Waals surface area contributed by atoms with Crippen molar-refractivity contribution in [3.05, 3.63) is 84.4 Å². The van der Waals surface area contributed by atoms with Crippen molar-refractivity contribution in [2.45, 2.75) is 12.5 Å². The van der Waals surface area contributed by atoms with Crippen LogP contribution in [0.25, 0.3) is 11.1 Å². The number of para-hydroxylation sites is 1. The molecule has 1 atom stereocenters. The molecule has 1 N–H and O–H groups in total. The number of nitrogens with zero attached hydrogens (tertiary/aromatic N) is 1. The molecule has 1 saturated heterocycles. The molecule has 1 unspecified atom stereocenters. The minimum Gasteiger partial charge on any atom is -0.508 e. The second-order valence-corrected chi connectivity index (χ2v) is 5.96. The van der Waals surface area contributed by atoms with Crippen LogP contribution in [0.5, 0.6) is 5.75 Å². The first-order valence-electron chi connectivity index (χ1n) is 7.99. The lowest BCUT2D eigenvalue weighted by atomic mass is 9.90. The number of hydrogen-bond donors (Lipinski definition) is 1. The molecule has 3 aromatic carbocycles. The second kappa shape index (κ2) is 5.85. The van der Waals surface area contributed by atoms with Gasteiger partial charge in [-0.15, -0.1) is 0 Å². The molecule has 4 rings (SSSR count). The van der Waals surface area contributed by atoms with Crippen LogP contribution in [0.4, 0.5) is 5.69 Å². The number of rotatable bonds is 3. The fourth-order valence-corrected chi connectivity index (χ4v) is 3.21. The van der Waals surface area contributed by atoms with Crippen LogP contribution in [-0.4, -0.2) is 11.0 Å². The van der Waals surface area contributed by atoms with Crippen LogP contribution in [0.1, 0.15) is 18.0 Å². The smallest absolute Gasteiger partial charge is 0.230 e. The van der Waals surface area contributed by atoms with Crippen LogP contribution in [-0.2, 0) is 4.79 Å². The van der Waals surface area contributed by atoms with Crippen LogP contribution in [0.3, 0.4) is 0 Å². The van der Waals surface area contributed by atoms with Crippen molar-refractivity contribution < 1.29 is 9.90 Å². The molecule has 1 aliphatic heterocycles. The molecule has 0 radical (unpaired) electrons. The van der Waals surface area contributed by atoms with Crippen LogP contribution in [0, 0.1) is 0 Å². The molecule has 0 saturated carbocycles. The van der Waals surface area contributed by atoms with Gasteiger partial charge < -0.3 is 10.0 Å². The van der Waals surface area contributed by atoms with Gasteiger partial charge in [-0.05, 0) is 29.3 Å². The van der Waals surface area contributed by atoms with Crippen molar-refractivity contribution in [2.24, 2.45) is 0 Å². The lowest BCUT2D eigenvalue weighted by molar-refractivity contribution is -0.124. The molecule has 1 aliphatic rings. The highest BCUT2D eigenvalue weighted by Crippen LogP contribution is 2.42. The fourth-order valence-electron chi connectivity index (χ4n) is 3.21. The number of carbonyl (C=O) groups is 1. The molecule has 24 heavy (non-hydrogen) atoms. The standard InChI is InChI=1S/C21H17NO2/c23-20-13-16(15-7-3-1-4-8-15)11-12-18(20)19-14-21(24)22(19)17-9-5-2-6-10-17/h1-13,19,23H,14H2. The van der Waals surface area contributed by atoms with Gasteiger partial charge in [0, 0.05) is 11.3 Å². The molecule has 1 amide bonds. The molecule has 3 aromatic rings. The van der Waals surface area contributed by atoms with Gasteiger partial charge in [0.2, 0.25) is 5.91 Å². The van der Waals surface area contributed by atoms with Gasteiger partial charge in [-0.1, -0.05) is 60.7 Å². The molecule has 1 heterocycles. The highest BCUT2D eigenvalue weighted by molar-refractivity contribution is 6.01. The monoisotopic (exact) mass is 315 g/mol. The Morgan fingerprint density at radius 3 is 2.12 bits per heavy atom. The Labute approximate surface area is 140 Å². The van der Waals surface area contributed by atoms with E-state index in [0.717, 1.165) is 22.4 Å². The third-order valence-electron chi connectivity index (χ3n) is 4.48. The molecule has 0 aliphatic carbocycles. The van der Waals surface area contributed by atoms with Crippen molar-refractivity contribution in [1.29, 1.82) is 0 Å². The predicted molar refractivity (Wildman–Crippen MR) is 94.8 cm³/mol. The lowest BCUT2D eigenvalue weighted by Gasteiger charge is -2.41. The first-order valence-corrected chi connectivity index (χ1v) is 7.99. The SMILES string of the molecule is O=C1CC(c2ccc(-c3ccccc3)cc2O)N1c1ccccc1. The van der Waals surface area contributed by atoms with Crippen LogP contribution < -0.4 is 4.90 Å². The zero-order chi connectivity index (χ0) is 16.5. The number of benzene rings is 3. The minimum absolute atomic E-state index is 0.0812. The summed E-state index contributed by atoms with van der Waals surface area (Å²) in [5.41, 5.74) is 3.68. The summed E-state index contributed by atoms with van der Waals surface area (Å²) >= 11 is 0. The summed E-state index contributed by atoms with van der Waals surface area (Å²) in [5.74, 6) is 0.313. The highest BCUT2D eigenvalue weighted by Gasteiger charge is 2.39. The maximum atomic E-state index is 12.1. The van der Waals surface area contributed by atoms with E-state index < -0.39 is 0 Å². The Morgan fingerprint density at radius 1 is 0.833 bits per heavy atom. The molecule has 118 valence electrons. The average molecular weight is 315 g/mol. The Bertz CT molecular complexity index is 875.